The number of hydrogen-bond acceptors (Lipinski definition) is 7. The van der Waals surface area contributed by atoms with Crippen LogP contribution in [0.3, 0.4) is 0 Å². The summed E-state index contributed by atoms with van der Waals surface area (Å²) in [7, 11) is 4.95. The van der Waals surface area contributed by atoms with Gasteiger partial charge in [-0.1, -0.05) is 55.1 Å². The number of hydrogen-bond donors (Lipinski definition) is 0. The van der Waals surface area contributed by atoms with E-state index in [9.17, 15) is 4.79 Å². The number of amides is 1. The van der Waals surface area contributed by atoms with Crippen LogP contribution in [0.25, 0.3) is 0 Å². The van der Waals surface area contributed by atoms with Gasteiger partial charge in [0.25, 0.3) is 5.22 Å². The molecule has 31 heavy (non-hydrogen) atoms. The summed E-state index contributed by atoms with van der Waals surface area (Å²) in [4.78, 5) is 14.2. The minimum absolute atomic E-state index is 0.0304. The fourth-order valence-electron chi connectivity index (χ4n) is 3.12. The van der Waals surface area contributed by atoms with E-state index in [0.29, 0.717) is 35.6 Å². The fraction of sp³-hybridized carbons (Fsp3) is 0.348. The third-order valence-electron chi connectivity index (χ3n) is 4.91. The van der Waals surface area contributed by atoms with Crippen LogP contribution in [0.4, 0.5) is 0 Å². The summed E-state index contributed by atoms with van der Waals surface area (Å²) in [6.45, 7) is 2.59. The van der Waals surface area contributed by atoms with Gasteiger partial charge in [0.2, 0.25) is 11.8 Å². The number of carbonyl (C=O) groups is 1. The Hall–Kier alpha value is -3.00. The number of methoxy groups -OCH3 is 2. The molecule has 8 heteroatoms. The predicted molar refractivity (Wildman–Crippen MR) is 120 cm³/mol. The first-order valence-corrected chi connectivity index (χ1v) is 10.9. The number of aromatic nitrogens is 2. The largest absolute Gasteiger partial charge is 0.493 e. The quantitative estimate of drug-likeness (QED) is 0.437. The molecule has 0 fully saturated rings. The molecule has 0 radical (unpaired) electrons. The Morgan fingerprint density at radius 1 is 1.10 bits per heavy atom. The molecule has 3 aromatic rings. The summed E-state index contributed by atoms with van der Waals surface area (Å²) in [5.41, 5.74) is 2.18. The second-order valence-electron chi connectivity index (χ2n) is 7.21. The molecule has 7 nitrogen and oxygen atoms in total. The van der Waals surface area contributed by atoms with Crippen LogP contribution < -0.4 is 9.47 Å². The Kier molecular flexibility index (Phi) is 7.94. The molecule has 164 valence electrons. The van der Waals surface area contributed by atoms with E-state index in [1.165, 1.54) is 17.3 Å². The van der Waals surface area contributed by atoms with Crippen molar-refractivity contribution in [2.75, 3.05) is 27.0 Å². The maximum absolute atomic E-state index is 12.5. The highest BCUT2D eigenvalue weighted by Gasteiger charge is 2.16. The fourth-order valence-corrected chi connectivity index (χ4v) is 3.84. The normalized spacial score (nSPS) is 11.7. The van der Waals surface area contributed by atoms with Crippen molar-refractivity contribution < 1.29 is 18.7 Å². The molecule has 3 rings (SSSR count). The third-order valence-corrected chi connectivity index (χ3v) is 5.71. The lowest BCUT2D eigenvalue weighted by Crippen LogP contribution is -2.27. The summed E-state index contributed by atoms with van der Waals surface area (Å²) in [5.74, 6) is 2.33. The summed E-state index contributed by atoms with van der Waals surface area (Å²) in [5, 5.41) is 8.59. The van der Waals surface area contributed by atoms with Crippen LogP contribution in [0, 0.1) is 0 Å². The van der Waals surface area contributed by atoms with Gasteiger partial charge in [0.1, 0.15) is 0 Å². The van der Waals surface area contributed by atoms with Crippen LogP contribution in [0.15, 0.2) is 58.2 Å². The molecule has 0 unspecified atom stereocenters. The van der Waals surface area contributed by atoms with E-state index >= 15 is 0 Å². The maximum atomic E-state index is 12.5. The standard InChI is InChI=1S/C23H27N3O4S/c1-16(18-8-6-5-7-9-18)12-21-24-25-23(30-21)31-15-22(27)26(2)14-17-10-11-19(28-3)20(13-17)29-4/h5-11,13,16H,12,14-15H2,1-4H3/t16-/m0/s1. The zero-order valence-electron chi connectivity index (χ0n) is 18.2. The van der Waals surface area contributed by atoms with Gasteiger partial charge in [-0.2, -0.15) is 0 Å². The van der Waals surface area contributed by atoms with E-state index in [-0.39, 0.29) is 17.6 Å². The van der Waals surface area contributed by atoms with Crippen molar-refractivity contribution in [2.45, 2.75) is 31.0 Å². The minimum Gasteiger partial charge on any atom is -0.493 e. The average Bonchev–Trinajstić information content (AvgIpc) is 3.25. The molecular formula is C23H27N3O4S. The van der Waals surface area contributed by atoms with Gasteiger partial charge in [-0.05, 0) is 29.2 Å². The highest BCUT2D eigenvalue weighted by molar-refractivity contribution is 7.99. The Labute approximate surface area is 186 Å². The van der Waals surface area contributed by atoms with Gasteiger partial charge in [-0.3, -0.25) is 4.79 Å². The molecule has 0 saturated carbocycles. The van der Waals surface area contributed by atoms with E-state index in [2.05, 4.69) is 29.3 Å². The Bertz CT molecular complexity index is 993. The van der Waals surface area contributed by atoms with E-state index in [1.54, 1.807) is 26.2 Å². The molecule has 0 aliphatic heterocycles. The number of benzene rings is 2. The minimum atomic E-state index is -0.0304. The van der Waals surface area contributed by atoms with Crippen molar-refractivity contribution in [2.24, 2.45) is 0 Å². The van der Waals surface area contributed by atoms with Gasteiger partial charge in [-0.25, -0.2) is 0 Å². The molecule has 0 bridgehead atoms. The van der Waals surface area contributed by atoms with Gasteiger partial charge in [-0.15, -0.1) is 10.2 Å². The second-order valence-corrected chi connectivity index (χ2v) is 8.13. The highest BCUT2D eigenvalue weighted by atomic mass is 32.2. The molecule has 1 aromatic heterocycles. The predicted octanol–water partition coefficient (Wildman–Crippen LogP) is 4.18. The lowest BCUT2D eigenvalue weighted by molar-refractivity contribution is -0.127. The molecule has 1 atom stereocenters. The SMILES string of the molecule is COc1ccc(CN(C)C(=O)CSc2nnc(C[C@H](C)c3ccccc3)o2)cc1OC. The van der Waals surface area contributed by atoms with E-state index in [4.69, 9.17) is 13.9 Å². The van der Waals surface area contributed by atoms with Crippen molar-refractivity contribution >= 4 is 17.7 Å². The van der Waals surface area contributed by atoms with Crippen LogP contribution in [-0.2, 0) is 17.8 Å². The molecule has 0 aliphatic rings. The lowest BCUT2D eigenvalue weighted by atomic mass is 9.98. The molecule has 0 spiro atoms. The number of carbonyl (C=O) groups excluding carboxylic acids is 1. The third kappa shape index (κ3) is 6.24. The number of rotatable bonds is 10. The van der Waals surface area contributed by atoms with Crippen LogP contribution in [0.1, 0.15) is 29.9 Å². The molecule has 1 heterocycles. The van der Waals surface area contributed by atoms with Crippen LogP contribution in [-0.4, -0.2) is 48.0 Å². The Morgan fingerprint density at radius 2 is 1.84 bits per heavy atom. The first-order chi connectivity index (χ1) is 15.0. The molecule has 1 amide bonds. The average molecular weight is 442 g/mol. The molecule has 0 N–H and O–H groups in total. The first kappa shape index (κ1) is 22.7. The molecular weight excluding hydrogens is 414 g/mol. The van der Waals surface area contributed by atoms with Crippen molar-refractivity contribution in [3.05, 3.63) is 65.5 Å². The van der Waals surface area contributed by atoms with Gasteiger partial charge in [0, 0.05) is 20.0 Å². The topological polar surface area (TPSA) is 77.7 Å². The zero-order chi connectivity index (χ0) is 22.2. The van der Waals surface area contributed by atoms with E-state index in [0.717, 1.165) is 5.56 Å². The number of nitrogens with zero attached hydrogens (tertiary/aromatic N) is 3. The van der Waals surface area contributed by atoms with Crippen LogP contribution >= 0.6 is 11.8 Å². The van der Waals surface area contributed by atoms with Gasteiger partial charge in [0.15, 0.2) is 11.5 Å². The summed E-state index contributed by atoms with van der Waals surface area (Å²) in [6, 6.07) is 15.8. The summed E-state index contributed by atoms with van der Waals surface area (Å²) in [6.07, 6.45) is 0.657. The van der Waals surface area contributed by atoms with Crippen molar-refractivity contribution in [1.82, 2.24) is 15.1 Å². The number of ether oxygens (including phenoxy) is 2. The second kappa shape index (κ2) is 10.9. The van der Waals surface area contributed by atoms with Gasteiger partial charge >= 0.3 is 0 Å². The first-order valence-electron chi connectivity index (χ1n) is 9.95. The van der Waals surface area contributed by atoms with Crippen LogP contribution in [0.2, 0.25) is 0 Å². The Balaban J connectivity index is 1.50. The molecule has 0 saturated heterocycles. The summed E-state index contributed by atoms with van der Waals surface area (Å²) < 4.78 is 16.3. The maximum Gasteiger partial charge on any atom is 0.277 e. The summed E-state index contributed by atoms with van der Waals surface area (Å²) >= 11 is 1.25. The zero-order valence-corrected chi connectivity index (χ0v) is 19.0. The molecule has 0 aliphatic carbocycles. The van der Waals surface area contributed by atoms with Crippen molar-refractivity contribution in [1.29, 1.82) is 0 Å². The van der Waals surface area contributed by atoms with Gasteiger partial charge in [0.05, 0.1) is 20.0 Å². The smallest absolute Gasteiger partial charge is 0.277 e. The number of thioether (sulfide) groups is 1. The highest BCUT2D eigenvalue weighted by Crippen LogP contribution is 2.28. The van der Waals surface area contributed by atoms with E-state index < -0.39 is 0 Å². The molecule has 2 aromatic carbocycles. The van der Waals surface area contributed by atoms with Crippen molar-refractivity contribution in [3.63, 3.8) is 0 Å². The van der Waals surface area contributed by atoms with Gasteiger partial charge < -0.3 is 18.8 Å². The van der Waals surface area contributed by atoms with E-state index in [1.807, 2.05) is 36.4 Å². The van der Waals surface area contributed by atoms with Crippen molar-refractivity contribution in [3.8, 4) is 11.5 Å². The monoisotopic (exact) mass is 441 g/mol. The van der Waals surface area contributed by atoms with Crippen LogP contribution in [0.5, 0.6) is 11.5 Å². The lowest BCUT2D eigenvalue weighted by Gasteiger charge is -2.17. The Morgan fingerprint density at radius 3 is 2.55 bits per heavy atom.